The highest BCUT2D eigenvalue weighted by molar-refractivity contribution is 5.91. The molecule has 0 radical (unpaired) electrons. The topological polar surface area (TPSA) is 40.6 Å². The summed E-state index contributed by atoms with van der Waals surface area (Å²) in [4.78, 5) is 30.1. The van der Waals surface area contributed by atoms with Crippen LogP contribution in [0.3, 0.4) is 0 Å². The van der Waals surface area contributed by atoms with Crippen LogP contribution in [-0.4, -0.2) is 47.7 Å². The van der Waals surface area contributed by atoms with Gasteiger partial charge in [0.05, 0.1) is 0 Å². The summed E-state index contributed by atoms with van der Waals surface area (Å²) in [6.45, 7) is 15.0. The Balaban J connectivity index is 1.65. The fourth-order valence-electron chi connectivity index (χ4n) is 7.88. The van der Waals surface area contributed by atoms with E-state index in [1.54, 1.807) is 0 Å². The normalized spacial score (nSPS) is 41.3. The van der Waals surface area contributed by atoms with Crippen LogP contribution in [0.1, 0.15) is 73.1 Å². The Bertz CT molecular complexity index is 712. The fourth-order valence-corrected chi connectivity index (χ4v) is 7.88. The Morgan fingerprint density at radius 2 is 1.83 bits per heavy atom. The van der Waals surface area contributed by atoms with E-state index in [-0.39, 0.29) is 16.7 Å². The molecular formula is C25H40N2O2. The summed E-state index contributed by atoms with van der Waals surface area (Å²) in [6, 6.07) is 0. The minimum Gasteiger partial charge on any atom is -0.374 e. The lowest BCUT2D eigenvalue weighted by atomic mass is 9.49. The van der Waals surface area contributed by atoms with Crippen LogP contribution in [0.25, 0.3) is 0 Å². The van der Waals surface area contributed by atoms with Crippen molar-refractivity contribution in [3.8, 4) is 0 Å². The van der Waals surface area contributed by atoms with Crippen LogP contribution in [0.2, 0.25) is 0 Å². The molecule has 0 aromatic heterocycles. The van der Waals surface area contributed by atoms with E-state index in [1.165, 1.54) is 25.0 Å². The predicted molar refractivity (Wildman–Crippen MR) is 116 cm³/mol. The molecule has 0 aromatic carbocycles. The van der Waals surface area contributed by atoms with Gasteiger partial charge in [0.2, 0.25) is 5.91 Å². The predicted octanol–water partition coefficient (Wildman–Crippen LogP) is 4.50. The molecule has 4 nitrogen and oxygen atoms in total. The summed E-state index contributed by atoms with van der Waals surface area (Å²) in [6.07, 6.45) is 8.30. The maximum Gasteiger partial charge on any atom is 0.226 e. The molecule has 162 valence electrons. The molecule has 4 rings (SSSR count). The molecule has 4 aliphatic rings. The summed E-state index contributed by atoms with van der Waals surface area (Å²) in [5, 5.41) is 0. The third-order valence-corrected chi connectivity index (χ3v) is 9.56. The highest BCUT2D eigenvalue weighted by atomic mass is 16.2. The second kappa shape index (κ2) is 7.42. The van der Waals surface area contributed by atoms with Crippen LogP contribution >= 0.6 is 0 Å². The smallest absolute Gasteiger partial charge is 0.226 e. The first kappa shape index (κ1) is 20.9. The summed E-state index contributed by atoms with van der Waals surface area (Å²) >= 11 is 0. The molecule has 1 saturated heterocycles. The van der Waals surface area contributed by atoms with Crippen molar-refractivity contribution in [3.63, 3.8) is 0 Å². The van der Waals surface area contributed by atoms with Crippen molar-refractivity contribution in [1.29, 1.82) is 0 Å². The second-order valence-corrected chi connectivity index (χ2v) is 10.5. The zero-order valence-corrected chi connectivity index (χ0v) is 19.2. The fraction of sp³-hybridized carbons (Fsp3) is 0.840. The number of nitrogens with zero attached hydrogens (tertiary/aromatic N) is 2. The molecular weight excluding hydrogens is 360 g/mol. The third-order valence-electron chi connectivity index (χ3n) is 9.56. The number of likely N-dealkylation sites (tertiary alicyclic amines) is 1. The summed E-state index contributed by atoms with van der Waals surface area (Å²) in [5.74, 6) is 2.85. The van der Waals surface area contributed by atoms with Gasteiger partial charge in [0.25, 0.3) is 0 Å². The lowest BCUT2D eigenvalue weighted by Gasteiger charge is -2.60. The quantitative estimate of drug-likeness (QED) is 0.697. The molecule has 1 amide bonds. The number of fused-ring (bicyclic) bond motifs is 5. The standard InChI is InChI=1S/C25H40N2O2/c1-6-26(7-2)23(29)21-10-9-19-18-16-27(8-3)22-15-17(28)11-13-25(22,5)20(18)12-14-24(19,21)4/h15,18-21H,6-14,16H2,1-5H3/t18-,19-,20-,21+,24-,25+/m0/s1. The molecule has 1 aliphatic heterocycles. The average molecular weight is 401 g/mol. The Kier molecular flexibility index (Phi) is 5.36. The van der Waals surface area contributed by atoms with Crippen molar-refractivity contribution in [3.05, 3.63) is 11.8 Å². The van der Waals surface area contributed by atoms with Gasteiger partial charge in [-0.2, -0.15) is 0 Å². The Hall–Kier alpha value is -1.32. The molecule has 4 heteroatoms. The van der Waals surface area contributed by atoms with Crippen LogP contribution in [0.15, 0.2) is 11.8 Å². The minimum atomic E-state index is 0.134. The molecule has 3 aliphatic carbocycles. The van der Waals surface area contributed by atoms with E-state index in [0.29, 0.717) is 35.9 Å². The number of ketones is 1. The van der Waals surface area contributed by atoms with Gasteiger partial charge in [-0.15, -0.1) is 0 Å². The molecule has 0 aromatic rings. The van der Waals surface area contributed by atoms with E-state index in [1.807, 2.05) is 6.08 Å². The highest BCUT2D eigenvalue weighted by Gasteiger charge is 2.61. The van der Waals surface area contributed by atoms with Crippen molar-refractivity contribution in [2.45, 2.75) is 73.1 Å². The Morgan fingerprint density at radius 3 is 2.48 bits per heavy atom. The van der Waals surface area contributed by atoms with Gasteiger partial charge in [-0.05, 0) is 76.0 Å². The summed E-state index contributed by atoms with van der Waals surface area (Å²) < 4.78 is 0. The van der Waals surface area contributed by atoms with Gasteiger partial charge < -0.3 is 9.80 Å². The molecule has 6 atom stereocenters. The number of rotatable bonds is 4. The zero-order valence-electron chi connectivity index (χ0n) is 19.2. The largest absolute Gasteiger partial charge is 0.374 e. The lowest BCUT2D eigenvalue weighted by Crippen LogP contribution is -2.58. The maximum absolute atomic E-state index is 13.3. The van der Waals surface area contributed by atoms with Crippen molar-refractivity contribution in [1.82, 2.24) is 9.80 Å². The minimum absolute atomic E-state index is 0.134. The summed E-state index contributed by atoms with van der Waals surface area (Å²) in [7, 11) is 0. The van der Waals surface area contributed by atoms with Gasteiger partial charge in [0.15, 0.2) is 5.78 Å². The molecule has 0 unspecified atom stereocenters. The molecule has 29 heavy (non-hydrogen) atoms. The number of hydrogen-bond donors (Lipinski definition) is 0. The van der Waals surface area contributed by atoms with Crippen molar-refractivity contribution in [2.75, 3.05) is 26.2 Å². The lowest BCUT2D eigenvalue weighted by molar-refractivity contribution is -0.143. The van der Waals surface area contributed by atoms with E-state index in [9.17, 15) is 9.59 Å². The van der Waals surface area contributed by atoms with E-state index in [2.05, 4.69) is 44.4 Å². The molecule has 0 N–H and O–H groups in total. The number of carbonyl (C=O) groups excluding carboxylic acids is 2. The maximum atomic E-state index is 13.3. The third kappa shape index (κ3) is 2.99. The second-order valence-electron chi connectivity index (χ2n) is 10.5. The van der Waals surface area contributed by atoms with Gasteiger partial charge in [-0.25, -0.2) is 0 Å². The first-order valence-electron chi connectivity index (χ1n) is 12.1. The number of piperidine rings is 1. The molecule has 0 spiro atoms. The first-order chi connectivity index (χ1) is 13.8. The number of carbonyl (C=O) groups is 2. The molecule has 3 fully saturated rings. The average Bonchev–Trinajstić information content (AvgIpc) is 3.06. The molecule has 2 saturated carbocycles. The first-order valence-corrected chi connectivity index (χ1v) is 12.1. The SMILES string of the molecule is CCN(CC)C(=O)[C@H]1CC[C@H]2[C@@H]3CN(CC)C4=CC(=O)CC[C@]4(C)[C@H]3CC[C@]12C. The van der Waals surface area contributed by atoms with Crippen LogP contribution in [0, 0.1) is 34.5 Å². The van der Waals surface area contributed by atoms with E-state index in [0.717, 1.165) is 39.0 Å². The van der Waals surface area contributed by atoms with Gasteiger partial charge in [0, 0.05) is 55.7 Å². The Labute approximate surface area is 177 Å². The zero-order chi connectivity index (χ0) is 21.0. The van der Waals surface area contributed by atoms with Crippen LogP contribution < -0.4 is 0 Å². The van der Waals surface area contributed by atoms with E-state index >= 15 is 0 Å². The van der Waals surface area contributed by atoms with Crippen molar-refractivity contribution < 1.29 is 9.59 Å². The molecule has 1 heterocycles. The van der Waals surface area contributed by atoms with Gasteiger partial charge >= 0.3 is 0 Å². The molecule has 0 bridgehead atoms. The number of amides is 1. The van der Waals surface area contributed by atoms with Crippen LogP contribution in [0.4, 0.5) is 0 Å². The van der Waals surface area contributed by atoms with Gasteiger partial charge in [0.1, 0.15) is 0 Å². The van der Waals surface area contributed by atoms with Crippen molar-refractivity contribution in [2.24, 2.45) is 34.5 Å². The van der Waals surface area contributed by atoms with E-state index < -0.39 is 0 Å². The van der Waals surface area contributed by atoms with Crippen molar-refractivity contribution >= 4 is 11.7 Å². The highest BCUT2D eigenvalue weighted by Crippen LogP contribution is 2.65. The van der Waals surface area contributed by atoms with Gasteiger partial charge in [-0.3, -0.25) is 9.59 Å². The van der Waals surface area contributed by atoms with E-state index in [4.69, 9.17) is 0 Å². The van der Waals surface area contributed by atoms with Crippen LogP contribution in [-0.2, 0) is 9.59 Å². The summed E-state index contributed by atoms with van der Waals surface area (Å²) in [5.41, 5.74) is 1.59. The monoisotopic (exact) mass is 400 g/mol. The number of allylic oxidation sites excluding steroid dienone is 2. The van der Waals surface area contributed by atoms with Gasteiger partial charge in [-0.1, -0.05) is 13.8 Å². The Morgan fingerprint density at radius 1 is 1.10 bits per heavy atom. The number of hydrogen-bond acceptors (Lipinski definition) is 3. The van der Waals surface area contributed by atoms with Crippen LogP contribution in [0.5, 0.6) is 0 Å².